The van der Waals surface area contributed by atoms with E-state index >= 15 is 0 Å². The molecule has 0 spiro atoms. The second-order valence-electron chi connectivity index (χ2n) is 3.96. The van der Waals surface area contributed by atoms with Gasteiger partial charge in [0.1, 0.15) is 0 Å². The van der Waals surface area contributed by atoms with Crippen LogP contribution in [0.4, 0.5) is 0 Å². The maximum Gasteiger partial charge on any atom is 0.304 e. The summed E-state index contributed by atoms with van der Waals surface area (Å²) < 4.78 is 0. The molecule has 3 heteroatoms. The van der Waals surface area contributed by atoms with E-state index < -0.39 is 5.97 Å². The van der Waals surface area contributed by atoms with Crippen molar-refractivity contribution in [1.82, 2.24) is 4.90 Å². The fraction of sp³-hybridized carbons (Fsp3) is 0.750. The number of piperidine rings is 1. The zero-order valence-electron chi connectivity index (χ0n) is 9.33. The van der Waals surface area contributed by atoms with Crippen molar-refractivity contribution < 1.29 is 9.90 Å². The van der Waals surface area contributed by atoms with Crippen molar-refractivity contribution >= 4 is 5.97 Å². The van der Waals surface area contributed by atoms with Crippen LogP contribution < -0.4 is 0 Å². The van der Waals surface area contributed by atoms with Crippen LogP contribution in [-0.2, 0) is 4.79 Å². The Balaban J connectivity index is 2.40. The smallest absolute Gasteiger partial charge is 0.304 e. The van der Waals surface area contributed by atoms with Crippen LogP contribution in [0.2, 0.25) is 0 Å². The van der Waals surface area contributed by atoms with E-state index in [1.165, 1.54) is 6.42 Å². The summed E-state index contributed by atoms with van der Waals surface area (Å²) in [5.74, 6) is 5.21. The number of carboxylic acid groups (broad SMARTS) is 1. The van der Waals surface area contributed by atoms with E-state index in [2.05, 4.69) is 16.7 Å². The summed E-state index contributed by atoms with van der Waals surface area (Å²) >= 11 is 0. The fourth-order valence-corrected chi connectivity index (χ4v) is 2.11. The van der Waals surface area contributed by atoms with E-state index in [0.717, 1.165) is 32.4 Å². The second-order valence-corrected chi connectivity index (χ2v) is 3.96. The Kier molecular flexibility index (Phi) is 5.20. The van der Waals surface area contributed by atoms with E-state index in [1.807, 2.05) is 6.92 Å². The van der Waals surface area contributed by atoms with Gasteiger partial charge < -0.3 is 5.11 Å². The number of likely N-dealkylation sites (tertiary alicyclic amines) is 1. The Labute approximate surface area is 91.5 Å². The van der Waals surface area contributed by atoms with Crippen LogP contribution in [0.1, 0.15) is 39.0 Å². The third kappa shape index (κ3) is 4.35. The maximum atomic E-state index is 10.7. The summed E-state index contributed by atoms with van der Waals surface area (Å²) in [5, 5.41) is 8.80. The minimum atomic E-state index is -0.687. The van der Waals surface area contributed by atoms with E-state index in [-0.39, 0.29) is 12.5 Å². The molecule has 0 aromatic heterocycles. The molecule has 0 aromatic rings. The third-order valence-electron chi connectivity index (χ3n) is 2.86. The first-order valence-corrected chi connectivity index (χ1v) is 5.59. The molecule has 1 heterocycles. The number of hydrogen-bond acceptors (Lipinski definition) is 2. The zero-order chi connectivity index (χ0) is 11.1. The van der Waals surface area contributed by atoms with E-state index in [0.29, 0.717) is 0 Å². The largest absolute Gasteiger partial charge is 0.481 e. The van der Waals surface area contributed by atoms with E-state index in [4.69, 9.17) is 5.11 Å². The molecular weight excluding hydrogens is 190 g/mol. The minimum Gasteiger partial charge on any atom is -0.481 e. The van der Waals surface area contributed by atoms with Crippen molar-refractivity contribution in [3.05, 3.63) is 0 Å². The van der Waals surface area contributed by atoms with Gasteiger partial charge in [-0.3, -0.25) is 9.69 Å². The quantitative estimate of drug-likeness (QED) is 0.717. The predicted octanol–water partition coefficient (Wildman–Crippen LogP) is 1.73. The number of carboxylic acids is 1. The van der Waals surface area contributed by atoms with Gasteiger partial charge in [-0.1, -0.05) is 6.42 Å². The van der Waals surface area contributed by atoms with Gasteiger partial charge in [0.2, 0.25) is 0 Å². The summed E-state index contributed by atoms with van der Waals surface area (Å²) in [6, 6.07) is 0.231. The maximum absolute atomic E-state index is 10.7. The van der Waals surface area contributed by atoms with Crippen molar-refractivity contribution in [2.75, 3.05) is 13.1 Å². The van der Waals surface area contributed by atoms with Crippen LogP contribution in [-0.4, -0.2) is 35.1 Å². The van der Waals surface area contributed by atoms with Gasteiger partial charge in [-0.2, -0.15) is 0 Å². The number of hydrogen-bond donors (Lipinski definition) is 1. The minimum absolute atomic E-state index is 0.231. The van der Waals surface area contributed by atoms with Crippen molar-refractivity contribution in [2.45, 2.75) is 45.1 Å². The molecule has 0 saturated carbocycles. The van der Waals surface area contributed by atoms with Crippen molar-refractivity contribution in [1.29, 1.82) is 0 Å². The normalized spacial score (nSPS) is 21.8. The summed E-state index contributed by atoms with van der Waals surface area (Å²) in [5.41, 5.74) is 0. The molecule has 0 bridgehead atoms. The van der Waals surface area contributed by atoms with Crippen LogP contribution in [0.15, 0.2) is 0 Å². The molecule has 15 heavy (non-hydrogen) atoms. The van der Waals surface area contributed by atoms with Crippen LogP contribution >= 0.6 is 0 Å². The third-order valence-corrected chi connectivity index (χ3v) is 2.86. The van der Waals surface area contributed by atoms with Crippen LogP contribution in [0.3, 0.4) is 0 Å². The molecule has 1 atom stereocenters. The monoisotopic (exact) mass is 209 g/mol. The highest BCUT2D eigenvalue weighted by Crippen LogP contribution is 2.19. The molecule has 1 saturated heterocycles. The summed E-state index contributed by atoms with van der Waals surface area (Å²) in [4.78, 5) is 13.0. The fourth-order valence-electron chi connectivity index (χ4n) is 2.11. The molecule has 0 aromatic carbocycles. The number of aliphatic carboxylic acids is 1. The first-order valence-electron chi connectivity index (χ1n) is 5.59. The molecule has 1 N–H and O–H groups in total. The predicted molar refractivity (Wildman–Crippen MR) is 59.5 cm³/mol. The summed E-state index contributed by atoms with van der Waals surface area (Å²) in [6.45, 7) is 3.78. The standard InChI is InChI=1S/C12H19NO2/c1-2-3-5-8-13-9-6-4-7-11(13)10-12(14)15/h11H,4-10H2,1H3,(H,14,15). The Bertz CT molecular complexity index is 265. The van der Waals surface area contributed by atoms with Crippen molar-refractivity contribution in [3.63, 3.8) is 0 Å². The molecule has 1 rings (SSSR count). The molecule has 1 aliphatic rings. The highest BCUT2D eigenvalue weighted by Gasteiger charge is 2.23. The molecule has 0 radical (unpaired) electrons. The molecular formula is C12H19NO2. The molecule has 1 fully saturated rings. The summed E-state index contributed by atoms with van der Waals surface area (Å²) in [7, 11) is 0. The molecule has 1 aliphatic heterocycles. The average molecular weight is 209 g/mol. The van der Waals surface area contributed by atoms with Gasteiger partial charge in [0, 0.05) is 19.0 Å². The Morgan fingerprint density at radius 3 is 3.00 bits per heavy atom. The van der Waals surface area contributed by atoms with Crippen LogP contribution in [0.25, 0.3) is 0 Å². The van der Waals surface area contributed by atoms with Gasteiger partial charge in [0.25, 0.3) is 0 Å². The van der Waals surface area contributed by atoms with Gasteiger partial charge in [-0.05, 0) is 26.3 Å². The Morgan fingerprint density at radius 2 is 2.33 bits per heavy atom. The number of rotatable bonds is 4. The lowest BCUT2D eigenvalue weighted by Crippen LogP contribution is -2.41. The van der Waals surface area contributed by atoms with E-state index in [1.54, 1.807) is 0 Å². The van der Waals surface area contributed by atoms with Gasteiger partial charge >= 0.3 is 5.97 Å². The number of nitrogens with zero attached hydrogens (tertiary/aromatic N) is 1. The average Bonchev–Trinajstić information content (AvgIpc) is 2.20. The molecule has 1 unspecified atom stereocenters. The van der Waals surface area contributed by atoms with Crippen molar-refractivity contribution in [2.24, 2.45) is 0 Å². The van der Waals surface area contributed by atoms with Crippen molar-refractivity contribution in [3.8, 4) is 11.8 Å². The molecule has 3 nitrogen and oxygen atoms in total. The zero-order valence-corrected chi connectivity index (χ0v) is 9.33. The molecule has 84 valence electrons. The van der Waals surface area contributed by atoms with Gasteiger partial charge in [0.05, 0.1) is 6.42 Å². The van der Waals surface area contributed by atoms with E-state index in [9.17, 15) is 4.79 Å². The highest BCUT2D eigenvalue weighted by atomic mass is 16.4. The Morgan fingerprint density at radius 1 is 1.53 bits per heavy atom. The van der Waals surface area contributed by atoms with Gasteiger partial charge in [0.15, 0.2) is 0 Å². The SMILES string of the molecule is CC#CCCN1CCCCC1CC(=O)O. The van der Waals surface area contributed by atoms with Gasteiger partial charge in [-0.25, -0.2) is 0 Å². The number of carbonyl (C=O) groups is 1. The van der Waals surface area contributed by atoms with Crippen LogP contribution in [0, 0.1) is 11.8 Å². The highest BCUT2D eigenvalue weighted by molar-refractivity contribution is 5.67. The lowest BCUT2D eigenvalue weighted by molar-refractivity contribution is -0.138. The lowest BCUT2D eigenvalue weighted by atomic mass is 9.99. The topological polar surface area (TPSA) is 40.5 Å². The molecule has 0 aliphatic carbocycles. The van der Waals surface area contributed by atoms with Crippen LogP contribution in [0.5, 0.6) is 0 Å². The summed E-state index contributed by atoms with van der Waals surface area (Å²) in [6.07, 6.45) is 4.50. The first-order chi connectivity index (χ1) is 7.24. The Hall–Kier alpha value is -1.01. The van der Waals surface area contributed by atoms with Gasteiger partial charge in [-0.15, -0.1) is 11.8 Å². The first kappa shape index (κ1) is 12.1. The lowest BCUT2D eigenvalue weighted by Gasteiger charge is -2.34. The molecule has 0 amide bonds. The second kappa shape index (κ2) is 6.47.